The first-order chi connectivity index (χ1) is 10.2. The van der Waals surface area contributed by atoms with Crippen molar-refractivity contribution in [2.24, 2.45) is 11.1 Å². The van der Waals surface area contributed by atoms with Crippen LogP contribution in [0.4, 0.5) is 0 Å². The van der Waals surface area contributed by atoms with Gasteiger partial charge >= 0.3 is 5.97 Å². The van der Waals surface area contributed by atoms with Crippen molar-refractivity contribution in [1.29, 1.82) is 0 Å². The van der Waals surface area contributed by atoms with Gasteiger partial charge in [-0.05, 0) is 36.0 Å². The van der Waals surface area contributed by atoms with E-state index < -0.39 is 5.97 Å². The van der Waals surface area contributed by atoms with Crippen LogP contribution in [0.2, 0.25) is 0 Å². The van der Waals surface area contributed by atoms with Crippen LogP contribution in [0, 0.1) is 5.41 Å². The Morgan fingerprint density at radius 2 is 1.77 bits per heavy atom. The van der Waals surface area contributed by atoms with Crippen molar-refractivity contribution in [3.63, 3.8) is 0 Å². The summed E-state index contributed by atoms with van der Waals surface area (Å²) in [6.07, 6.45) is 2.08. The molecule has 22 heavy (non-hydrogen) atoms. The van der Waals surface area contributed by atoms with Crippen LogP contribution in [0.3, 0.4) is 0 Å². The van der Waals surface area contributed by atoms with Gasteiger partial charge < -0.3 is 20.3 Å². The van der Waals surface area contributed by atoms with Crippen LogP contribution >= 0.6 is 0 Å². The van der Waals surface area contributed by atoms with Gasteiger partial charge in [-0.2, -0.15) is 0 Å². The number of rotatable bonds is 6. The van der Waals surface area contributed by atoms with Gasteiger partial charge in [0, 0.05) is 13.0 Å². The molecule has 1 aromatic carbocycles. The first-order valence-electron chi connectivity index (χ1n) is 7.36. The second kappa shape index (κ2) is 10.1. The van der Waals surface area contributed by atoms with Crippen molar-refractivity contribution in [3.8, 4) is 11.5 Å². The number of carbonyl (C=O) groups is 1. The summed E-state index contributed by atoms with van der Waals surface area (Å²) in [6, 6.07) is 5.64. The molecule has 0 spiro atoms. The Labute approximate surface area is 133 Å². The minimum absolute atomic E-state index is 0.273. The molecule has 1 rings (SSSR count). The van der Waals surface area contributed by atoms with E-state index in [1.165, 1.54) is 0 Å². The minimum Gasteiger partial charge on any atom is -0.493 e. The highest BCUT2D eigenvalue weighted by Crippen LogP contribution is 2.27. The molecule has 1 aromatic rings. The Hall–Kier alpha value is -1.75. The van der Waals surface area contributed by atoms with E-state index in [1.54, 1.807) is 14.2 Å². The zero-order valence-corrected chi connectivity index (χ0v) is 14.3. The average molecular weight is 311 g/mol. The summed E-state index contributed by atoms with van der Waals surface area (Å²) in [6.45, 7) is 6.87. The maximum Gasteiger partial charge on any atom is 0.303 e. The smallest absolute Gasteiger partial charge is 0.303 e. The standard InChI is InChI=1S/C9H13NO2.C8H16O2/c1-11-8-4-3-7(6-10)5-9(8)12-2;1-8(2,3)6-4-5-7(9)10/h3-5H,6,10H2,1-2H3;4-6H2,1-3H3,(H,9,10). The number of hydrogen-bond donors (Lipinski definition) is 2. The quantitative estimate of drug-likeness (QED) is 0.841. The molecule has 0 bridgehead atoms. The summed E-state index contributed by atoms with van der Waals surface area (Å²) in [5, 5.41) is 8.31. The van der Waals surface area contributed by atoms with E-state index in [4.69, 9.17) is 20.3 Å². The summed E-state index contributed by atoms with van der Waals surface area (Å²) in [5.74, 6) is 0.763. The van der Waals surface area contributed by atoms with Crippen LogP contribution in [0.1, 0.15) is 45.6 Å². The van der Waals surface area contributed by atoms with Gasteiger partial charge in [0.05, 0.1) is 14.2 Å². The summed E-state index contributed by atoms with van der Waals surface area (Å²) >= 11 is 0. The highest BCUT2D eigenvalue weighted by Gasteiger charge is 2.10. The topological polar surface area (TPSA) is 81.8 Å². The number of methoxy groups -OCH3 is 2. The molecule has 0 saturated carbocycles. The number of benzene rings is 1. The van der Waals surface area contributed by atoms with Crippen molar-refractivity contribution < 1.29 is 19.4 Å². The fourth-order valence-corrected chi connectivity index (χ4v) is 1.78. The summed E-state index contributed by atoms with van der Waals surface area (Å²) in [7, 11) is 3.22. The molecule has 3 N–H and O–H groups in total. The van der Waals surface area contributed by atoms with E-state index in [2.05, 4.69) is 20.8 Å². The highest BCUT2D eigenvalue weighted by molar-refractivity contribution is 5.66. The second-order valence-corrected chi connectivity index (χ2v) is 6.20. The van der Waals surface area contributed by atoms with Crippen molar-refractivity contribution in [3.05, 3.63) is 23.8 Å². The third-order valence-electron chi connectivity index (χ3n) is 3.00. The first-order valence-corrected chi connectivity index (χ1v) is 7.36. The molecule has 5 heteroatoms. The molecule has 0 aliphatic rings. The Morgan fingerprint density at radius 1 is 1.18 bits per heavy atom. The predicted octanol–water partition coefficient (Wildman–Crippen LogP) is 3.45. The lowest BCUT2D eigenvalue weighted by Gasteiger charge is -2.16. The van der Waals surface area contributed by atoms with Gasteiger partial charge in [0.15, 0.2) is 11.5 Å². The van der Waals surface area contributed by atoms with Crippen LogP contribution in [-0.2, 0) is 11.3 Å². The van der Waals surface area contributed by atoms with E-state index >= 15 is 0 Å². The van der Waals surface area contributed by atoms with Crippen molar-refractivity contribution in [2.45, 2.75) is 46.6 Å². The number of ether oxygens (including phenoxy) is 2. The molecule has 0 amide bonds. The molecule has 5 nitrogen and oxygen atoms in total. The van der Waals surface area contributed by atoms with E-state index in [0.29, 0.717) is 13.0 Å². The molecular weight excluding hydrogens is 282 g/mol. The lowest BCUT2D eigenvalue weighted by molar-refractivity contribution is -0.137. The highest BCUT2D eigenvalue weighted by atomic mass is 16.5. The fourth-order valence-electron chi connectivity index (χ4n) is 1.78. The van der Waals surface area contributed by atoms with Crippen LogP contribution in [0.25, 0.3) is 0 Å². The zero-order valence-electron chi connectivity index (χ0n) is 14.3. The molecule has 0 saturated heterocycles. The van der Waals surface area contributed by atoms with Crippen LogP contribution in [0.5, 0.6) is 11.5 Å². The normalized spacial score (nSPS) is 10.5. The number of carboxylic acid groups (broad SMARTS) is 1. The lowest BCUT2D eigenvalue weighted by Crippen LogP contribution is -2.05. The maximum atomic E-state index is 10.1. The molecule has 0 fully saturated rings. The Bertz CT molecular complexity index is 452. The van der Waals surface area contributed by atoms with Gasteiger partial charge in [0.25, 0.3) is 0 Å². The van der Waals surface area contributed by atoms with Gasteiger partial charge in [-0.3, -0.25) is 4.79 Å². The monoisotopic (exact) mass is 311 g/mol. The van der Waals surface area contributed by atoms with Crippen LogP contribution in [0.15, 0.2) is 18.2 Å². The molecule has 0 aromatic heterocycles. The Kier molecular flexibility index (Phi) is 9.26. The van der Waals surface area contributed by atoms with Crippen molar-refractivity contribution >= 4 is 5.97 Å². The SMILES string of the molecule is CC(C)(C)CCCC(=O)O.COc1ccc(CN)cc1OC. The van der Waals surface area contributed by atoms with Crippen molar-refractivity contribution in [1.82, 2.24) is 0 Å². The lowest BCUT2D eigenvalue weighted by atomic mass is 9.90. The minimum atomic E-state index is -0.691. The van der Waals surface area contributed by atoms with E-state index in [0.717, 1.165) is 29.9 Å². The number of aliphatic carboxylic acids is 1. The van der Waals surface area contributed by atoms with E-state index in [1.807, 2.05) is 18.2 Å². The van der Waals surface area contributed by atoms with E-state index in [-0.39, 0.29) is 5.41 Å². The summed E-state index contributed by atoms with van der Waals surface area (Å²) in [5.41, 5.74) is 6.78. The molecule has 0 unspecified atom stereocenters. The zero-order chi connectivity index (χ0) is 17.2. The second-order valence-electron chi connectivity index (χ2n) is 6.20. The van der Waals surface area contributed by atoms with E-state index in [9.17, 15) is 4.79 Å². The molecule has 126 valence electrons. The van der Waals surface area contributed by atoms with Gasteiger partial charge in [-0.15, -0.1) is 0 Å². The van der Waals surface area contributed by atoms with Crippen LogP contribution < -0.4 is 15.2 Å². The van der Waals surface area contributed by atoms with Crippen molar-refractivity contribution in [2.75, 3.05) is 14.2 Å². The average Bonchev–Trinajstić information content (AvgIpc) is 2.45. The number of hydrogen-bond acceptors (Lipinski definition) is 4. The molecule has 0 radical (unpaired) electrons. The number of nitrogens with two attached hydrogens (primary N) is 1. The molecule has 0 atom stereocenters. The Morgan fingerprint density at radius 3 is 2.18 bits per heavy atom. The molecule has 0 heterocycles. The predicted molar refractivity (Wildman–Crippen MR) is 88.4 cm³/mol. The fraction of sp³-hybridized carbons (Fsp3) is 0.588. The number of carboxylic acids is 1. The summed E-state index contributed by atoms with van der Waals surface area (Å²) < 4.78 is 10.2. The first kappa shape index (κ1) is 20.2. The van der Waals surface area contributed by atoms with Gasteiger partial charge in [-0.25, -0.2) is 0 Å². The molecule has 0 aliphatic carbocycles. The largest absolute Gasteiger partial charge is 0.493 e. The maximum absolute atomic E-state index is 10.1. The van der Waals surface area contributed by atoms with Gasteiger partial charge in [0.2, 0.25) is 0 Å². The van der Waals surface area contributed by atoms with Crippen LogP contribution in [-0.4, -0.2) is 25.3 Å². The van der Waals surface area contributed by atoms with Gasteiger partial charge in [-0.1, -0.05) is 26.8 Å². The molecule has 0 aliphatic heterocycles. The summed E-state index contributed by atoms with van der Waals surface area (Å²) in [4.78, 5) is 10.1. The third kappa shape index (κ3) is 9.23. The molecular formula is C17H29NO4. The van der Waals surface area contributed by atoms with Gasteiger partial charge in [0.1, 0.15) is 0 Å². The third-order valence-corrected chi connectivity index (χ3v) is 3.00. The Balaban J connectivity index is 0.000000409.